The van der Waals surface area contributed by atoms with Gasteiger partial charge in [-0.2, -0.15) is 0 Å². The van der Waals surface area contributed by atoms with Crippen LogP contribution in [0.3, 0.4) is 0 Å². The molecule has 0 radical (unpaired) electrons. The Morgan fingerprint density at radius 3 is 1.63 bits per heavy atom. The maximum atomic E-state index is 6.37. The minimum atomic E-state index is 0.787. The predicted molar refractivity (Wildman–Crippen MR) is 254 cm³/mol. The van der Waals surface area contributed by atoms with Crippen molar-refractivity contribution in [2.75, 3.05) is 0 Å². The van der Waals surface area contributed by atoms with Crippen LogP contribution in [0.25, 0.3) is 117 Å². The van der Waals surface area contributed by atoms with E-state index < -0.39 is 0 Å². The van der Waals surface area contributed by atoms with Crippen LogP contribution in [0.1, 0.15) is 0 Å². The van der Waals surface area contributed by atoms with E-state index in [9.17, 15) is 0 Å². The van der Waals surface area contributed by atoms with E-state index in [0.717, 1.165) is 100 Å². The predicted octanol–water partition coefficient (Wildman–Crippen LogP) is 14.4. The maximum absolute atomic E-state index is 6.37. The fourth-order valence-electron chi connectivity index (χ4n) is 9.62. The smallest absolute Gasteiger partial charge is 0.168 e. The summed E-state index contributed by atoms with van der Waals surface area (Å²) in [4.78, 5) is 0. The lowest BCUT2D eigenvalue weighted by atomic mass is 10.0. The molecule has 0 unspecified atom stereocenters. The van der Waals surface area contributed by atoms with Gasteiger partial charge in [0, 0.05) is 54.7 Å². The lowest BCUT2D eigenvalue weighted by Crippen LogP contribution is -2.02. The van der Waals surface area contributed by atoms with Gasteiger partial charge in [-0.05, 0) is 66.2 Å². The zero-order chi connectivity index (χ0) is 40.7. The molecule has 0 N–H and O–H groups in total. The molecule has 0 amide bonds. The Bertz CT molecular complexity index is 3810. The lowest BCUT2D eigenvalue weighted by molar-refractivity contribution is 0.669. The van der Waals surface area contributed by atoms with Gasteiger partial charge in [0.2, 0.25) is 0 Å². The van der Waals surface area contributed by atoms with E-state index in [4.69, 9.17) is 14.6 Å². The third-order valence-corrected chi connectivity index (χ3v) is 12.4. The van der Waals surface area contributed by atoms with Crippen molar-refractivity contribution in [1.82, 2.24) is 23.9 Å². The highest BCUT2D eigenvalue weighted by Gasteiger charge is 2.22. The largest absolute Gasteiger partial charge is 0.456 e. The van der Waals surface area contributed by atoms with E-state index >= 15 is 0 Å². The molecule has 4 aromatic heterocycles. The number of para-hydroxylation sites is 4. The van der Waals surface area contributed by atoms with Crippen LogP contribution in [0.2, 0.25) is 0 Å². The van der Waals surface area contributed by atoms with Crippen LogP contribution in [0.15, 0.2) is 217 Å². The molecule has 6 nitrogen and oxygen atoms in total. The summed E-state index contributed by atoms with van der Waals surface area (Å²) in [6, 6.07) is 75.3. The second kappa shape index (κ2) is 13.5. The van der Waals surface area contributed by atoms with Gasteiger partial charge in [-0.25, -0.2) is 0 Å². The topological polar surface area (TPSA) is 53.7 Å². The number of rotatable bonds is 6. The molecule has 0 saturated carbocycles. The highest BCUT2D eigenvalue weighted by atomic mass is 16.3. The molecule has 13 rings (SSSR count). The Labute approximate surface area is 355 Å². The quantitative estimate of drug-likeness (QED) is 0.168. The van der Waals surface area contributed by atoms with Gasteiger partial charge in [-0.3, -0.25) is 4.57 Å². The Balaban J connectivity index is 1.02. The average molecular weight is 794 g/mol. The second-order valence-electron chi connectivity index (χ2n) is 15.9. The molecular weight excluding hydrogens is 759 g/mol. The molecule has 0 aliphatic heterocycles. The normalized spacial score (nSPS) is 11.9. The van der Waals surface area contributed by atoms with Gasteiger partial charge in [-0.15, -0.1) is 10.2 Å². The first-order chi connectivity index (χ1) is 30.8. The summed E-state index contributed by atoms with van der Waals surface area (Å²) in [5, 5.41) is 16.5. The number of hydrogen-bond acceptors (Lipinski definition) is 3. The van der Waals surface area contributed by atoms with Crippen molar-refractivity contribution in [3.63, 3.8) is 0 Å². The Hall–Kier alpha value is -8.48. The van der Waals surface area contributed by atoms with E-state index in [0.29, 0.717) is 0 Å². The summed E-state index contributed by atoms with van der Waals surface area (Å²) in [6.45, 7) is 0. The Morgan fingerprint density at radius 1 is 0.306 bits per heavy atom. The molecule has 290 valence electrons. The fraction of sp³-hybridized carbons (Fsp3) is 0. The molecule has 4 heterocycles. The number of aromatic nitrogens is 5. The Kier molecular flexibility index (Phi) is 7.50. The van der Waals surface area contributed by atoms with Gasteiger partial charge in [-0.1, -0.05) is 152 Å². The molecule has 0 atom stereocenters. The third-order valence-electron chi connectivity index (χ3n) is 12.4. The monoisotopic (exact) mass is 793 g/mol. The van der Waals surface area contributed by atoms with Crippen molar-refractivity contribution >= 4 is 65.6 Å². The van der Waals surface area contributed by atoms with Crippen LogP contribution >= 0.6 is 0 Å². The van der Waals surface area contributed by atoms with Gasteiger partial charge in [0.1, 0.15) is 11.2 Å². The molecular formula is C56H35N5O. The summed E-state index contributed by atoms with van der Waals surface area (Å²) in [7, 11) is 0. The van der Waals surface area contributed by atoms with Crippen molar-refractivity contribution in [3.8, 4) is 51.0 Å². The summed E-state index contributed by atoms with van der Waals surface area (Å²) in [5.41, 5.74) is 13.7. The number of fused-ring (bicyclic) bond motifs is 9. The Morgan fingerprint density at radius 2 is 0.871 bits per heavy atom. The third kappa shape index (κ3) is 5.17. The van der Waals surface area contributed by atoms with E-state index in [1.807, 2.05) is 48.5 Å². The van der Waals surface area contributed by atoms with Crippen LogP contribution < -0.4 is 0 Å². The fourth-order valence-corrected chi connectivity index (χ4v) is 9.62. The van der Waals surface area contributed by atoms with Crippen molar-refractivity contribution in [1.29, 1.82) is 0 Å². The van der Waals surface area contributed by atoms with Crippen LogP contribution in [0, 0.1) is 0 Å². The molecule has 0 aliphatic carbocycles. The minimum absolute atomic E-state index is 0.787. The first kappa shape index (κ1) is 34.4. The molecule has 0 bridgehead atoms. The average Bonchev–Trinajstić information content (AvgIpc) is 4.11. The minimum Gasteiger partial charge on any atom is -0.456 e. The van der Waals surface area contributed by atoms with E-state index in [2.05, 4.69) is 177 Å². The highest BCUT2D eigenvalue weighted by molar-refractivity contribution is 6.17. The zero-order valence-corrected chi connectivity index (χ0v) is 33.4. The van der Waals surface area contributed by atoms with Gasteiger partial charge in [0.15, 0.2) is 11.6 Å². The molecule has 0 fully saturated rings. The number of benzene rings is 9. The van der Waals surface area contributed by atoms with Crippen LogP contribution in [-0.4, -0.2) is 23.9 Å². The summed E-state index contributed by atoms with van der Waals surface area (Å²) in [5.74, 6) is 1.57. The first-order valence-electron chi connectivity index (χ1n) is 20.9. The van der Waals surface area contributed by atoms with Crippen molar-refractivity contribution < 1.29 is 4.42 Å². The molecule has 0 aliphatic rings. The van der Waals surface area contributed by atoms with Gasteiger partial charge < -0.3 is 13.6 Å². The number of furan rings is 1. The van der Waals surface area contributed by atoms with E-state index in [1.165, 1.54) is 16.2 Å². The molecule has 13 aromatic rings. The highest BCUT2D eigenvalue weighted by Crippen LogP contribution is 2.41. The SMILES string of the molecule is c1ccc(-c2nnc(-c3ccccc3)n2-c2ccc3c4ccccc4n(-c4ccccc4-c4cccc(-n5c6ccccc6c6cc7oc8ccccc8c7cc65)c4)c3c2)cc1. The number of nitrogens with zero attached hydrogens (tertiary/aromatic N) is 5. The number of hydrogen-bond donors (Lipinski definition) is 0. The summed E-state index contributed by atoms with van der Waals surface area (Å²) < 4.78 is 13.4. The van der Waals surface area contributed by atoms with Gasteiger partial charge in [0.25, 0.3) is 0 Å². The zero-order valence-electron chi connectivity index (χ0n) is 33.4. The molecule has 0 spiro atoms. The standard InChI is InChI=1S/C56H35N5O/c1-3-16-36(17-4-1)55-57-58-56(37-18-5-2-6-19-37)60(55)40-30-31-44-42-23-8-13-28-50(42)61(51(44)33-40)48-26-11-7-22-41(48)38-20-15-21-39(32-38)59-49-27-12-9-24-43(49)46-35-54-47(34-52(46)59)45-25-10-14-29-53(45)62-54/h1-35H. The molecule has 62 heavy (non-hydrogen) atoms. The lowest BCUT2D eigenvalue weighted by Gasteiger charge is -2.16. The van der Waals surface area contributed by atoms with Crippen LogP contribution in [-0.2, 0) is 0 Å². The van der Waals surface area contributed by atoms with Gasteiger partial charge >= 0.3 is 0 Å². The van der Waals surface area contributed by atoms with Crippen LogP contribution in [0.5, 0.6) is 0 Å². The van der Waals surface area contributed by atoms with Crippen molar-refractivity contribution in [2.45, 2.75) is 0 Å². The van der Waals surface area contributed by atoms with Crippen molar-refractivity contribution in [2.24, 2.45) is 0 Å². The summed E-state index contributed by atoms with van der Waals surface area (Å²) >= 11 is 0. The second-order valence-corrected chi connectivity index (χ2v) is 15.9. The molecule has 0 saturated heterocycles. The molecule has 6 heteroatoms. The van der Waals surface area contributed by atoms with E-state index in [1.54, 1.807) is 0 Å². The first-order valence-corrected chi connectivity index (χ1v) is 20.9. The van der Waals surface area contributed by atoms with Gasteiger partial charge in [0.05, 0.1) is 33.4 Å². The van der Waals surface area contributed by atoms with E-state index in [-0.39, 0.29) is 0 Å². The maximum Gasteiger partial charge on any atom is 0.168 e. The van der Waals surface area contributed by atoms with Crippen molar-refractivity contribution in [3.05, 3.63) is 212 Å². The summed E-state index contributed by atoms with van der Waals surface area (Å²) in [6.07, 6.45) is 0. The molecule has 9 aromatic carbocycles. The van der Waals surface area contributed by atoms with Crippen LogP contribution in [0.4, 0.5) is 0 Å².